The maximum atomic E-state index is 2.50. The zero-order valence-electron chi connectivity index (χ0n) is 14.3. The number of para-hydroxylation sites is 2. The van der Waals surface area contributed by atoms with Crippen molar-refractivity contribution in [2.45, 2.75) is 0 Å². The van der Waals surface area contributed by atoms with Crippen molar-refractivity contribution in [3.05, 3.63) is 88.5 Å². The van der Waals surface area contributed by atoms with Crippen molar-refractivity contribution >= 4 is 75.9 Å². The van der Waals surface area contributed by atoms with Crippen molar-refractivity contribution in [3.8, 4) is 5.69 Å². The summed E-state index contributed by atoms with van der Waals surface area (Å²) in [5.41, 5.74) is 3.79. The minimum absolute atomic E-state index is 1.21. The lowest BCUT2D eigenvalue weighted by Crippen LogP contribution is -1.93. The average molecular weight is 475 g/mol. The molecule has 0 spiro atoms. The van der Waals surface area contributed by atoms with Gasteiger partial charge in [0.2, 0.25) is 0 Å². The van der Waals surface area contributed by atoms with Crippen molar-refractivity contribution < 1.29 is 0 Å². The second-order valence-electron chi connectivity index (χ2n) is 6.75. The van der Waals surface area contributed by atoms with Crippen LogP contribution in [-0.4, -0.2) is 4.57 Å². The number of halogens is 1. The van der Waals surface area contributed by atoms with Crippen LogP contribution in [0.1, 0.15) is 0 Å². The highest BCUT2D eigenvalue weighted by Crippen LogP contribution is 2.44. The Kier molecular flexibility index (Phi) is 3.37. The highest BCUT2D eigenvalue weighted by atomic mass is 127. The molecule has 0 amide bonds. The van der Waals surface area contributed by atoms with E-state index in [2.05, 4.69) is 112 Å². The molecule has 0 aliphatic carbocycles. The van der Waals surface area contributed by atoms with Gasteiger partial charge < -0.3 is 4.57 Å². The van der Waals surface area contributed by atoms with Crippen LogP contribution in [0.15, 0.2) is 84.9 Å². The van der Waals surface area contributed by atoms with Crippen LogP contribution in [0.4, 0.5) is 0 Å². The molecule has 6 rings (SSSR count). The van der Waals surface area contributed by atoms with Crippen molar-refractivity contribution in [1.82, 2.24) is 4.57 Å². The second kappa shape index (κ2) is 5.81. The third kappa shape index (κ3) is 2.15. The van der Waals surface area contributed by atoms with Crippen LogP contribution >= 0.6 is 33.9 Å². The Labute approximate surface area is 174 Å². The van der Waals surface area contributed by atoms with Gasteiger partial charge in [-0.05, 0) is 52.9 Å². The molecule has 0 fully saturated rings. The molecule has 27 heavy (non-hydrogen) atoms. The number of nitrogens with zero attached hydrogens (tertiary/aromatic N) is 1. The largest absolute Gasteiger partial charge is 0.309 e. The van der Waals surface area contributed by atoms with Crippen LogP contribution in [0.5, 0.6) is 0 Å². The van der Waals surface area contributed by atoms with Crippen LogP contribution < -0.4 is 0 Å². The maximum absolute atomic E-state index is 2.50. The number of thiophene rings is 1. The van der Waals surface area contributed by atoms with E-state index < -0.39 is 0 Å². The Balaban J connectivity index is 1.98. The Morgan fingerprint density at radius 1 is 0.704 bits per heavy atom. The van der Waals surface area contributed by atoms with E-state index in [0.717, 1.165) is 0 Å². The summed E-state index contributed by atoms with van der Waals surface area (Å²) >= 11 is 4.40. The third-order valence-electron chi connectivity index (χ3n) is 5.25. The first-order valence-corrected chi connectivity index (χ1v) is 10.8. The lowest BCUT2D eigenvalue weighted by atomic mass is 10.1. The average Bonchev–Trinajstić information content (AvgIpc) is 3.25. The van der Waals surface area contributed by atoms with Gasteiger partial charge in [0, 0.05) is 35.5 Å². The standard InChI is InChI=1S/C24H14INS/c25-19-14-18-16-10-4-6-12-20(16)26(15-8-2-1-3-9-15)23(18)22-17-11-5-7-13-21(17)27-24(19)22/h1-14H. The normalized spacial score (nSPS) is 11.9. The first kappa shape index (κ1) is 15.7. The molecule has 1 nitrogen and oxygen atoms in total. The predicted octanol–water partition coefficient (Wildman–Crippen LogP) is 7.76. The molecule has 2 aromatic heterocycles. The first-order valence-electron chi connectivity index (χ1n) is 8.91. The Bertz CT molecular complexity index is 1470. The van der Waals surface area contributed by atoms with Gasteiger partial charge >= 0.3 is 0 Å². The molecule has 0 saturated carbocycles. The minimum atomic E-state index is 1.21. The highest BCUT2D eigenvalue weighted by Gasteiger charge is 2.19. The van der Waals surface area contributed by atoms with E-state index in [4.69, 9.17) is 0 Å². The van der Waals surface area contributed by atoms with E-state index in [1.807, 2.05) is 11.3 Å². The second-order valence-corrected chi connectivity index (χ2v) is 8.96. The van der Waals surface area contributed by atoms with E-state index in [1.54, 1.807) is 0 Å². The molecule has 0 aliphatic heterocycles. The lowest BCUT2D eigenvalue weighted by Gasteiger charge is -2.09. The van der Waals surface area contributed by atoms with Gasteiger partial charge in [-0.25, -0.2) is 0 Å². The third-order valence-corrected chi connectivity index (χ3v) is 7.67. The summed E-state index contributed by atoms with van der Waals surface area (Å²) in [4.78, 5) is 0. The molecule has 6 aromatic rings. The van der Waals surface area contributed by atoms with Gasteiger partial charge in [0.05, 0.1) is 15.7 Å². The van der Waals surface area contributed by atoms with Gasteiger partial charge in [-0.2, -0.15) is 0 Å². The van der Waals surface area contributed by atoms with Crippen molar-refractivity contribution in [2.24, 2.45) is 0 Å². The minimum Gasteiger partial charge on any atom is -0.309 e. The monoisotopic (exact) mass is 475 g/mol. The molecular formula is C24H14INS. The van der Waals surface area contributed by atoms with E-state index in [0.29, 0.717) is 0 Å². The van der Waals surface area contributed by atoms with Crippen LogP contribution in [0.2, 0.25) is 0 Å². The fourth-order valence-electron chi connectivity index (χ4n) is 4.14. The fraction of sp³-hybridized carbons (Fsp3) is 0. The van der Waals surface area contributed by atoms with E-state index in [-0.39, 0.29) is 0 Å². The molecule has 0 atom stereocenters. The zero-order chi connectivity index (χ0) is 18.0. The van der Waals surface area contributed by atoms with Crippen molar-refractivity contribution in [1.29, 1.82) is 0 Å². The van der Waals surface area contributed by atoms with Crippen LogP contribution in [0.25, 0.3) is 47.7 Å². The number of hydrogen-bond donors (Lipinski definition) is 0. The van der Waals surface area contributed by atoms with Gasteiger partial charge in [0.25, 0.3) is 0 Å². The maximum Gasteiger partial charge on any atom is 0.0634 e. The van der Waals surface area contributed by atoms with Gasteiger partial charge in [-0.1, -0.05) is 54.6 Å². The number of hydrogen-bond acceptors (Lipinski definition) is 1. The van der Waals surface area contributed by atoms with Gasteiger partial charge in [0.1, 0.15) is 0 Å². The van der Waals surface area contributed by atoms with Crippen LogP contribution in [0, 0.1) is 3.57 Å². The van der Waals surface area contributed by atoms with Crippen molar-refractivity contribution in [2.75, 3.05) is 0 Å². The molecule has 2 heterocycles. The quantitative estimate of drug-likeness (QED) is 0.214. The molecular weight excluding hydrogens is 461 g/mol. The molecule has 3 heteroatoms. The summed E-state index contributed by atoms with van der Waals surface area (Å²) in [5.74, 6) is 0. The van der Waals surface area contributed by atoms with Gasteiger partial charge in [-0.15, -0.1) is 11.3 Å². The number of aromatic nitrogens is 1. The Morgan fingerprint density at radius 2 is 1.41 bits per heavy atom. The topological polar surface area (TPSA) is 4.93 Å². The summed E-state index contributed by atoms with van der Waals surface area (Å²) < 4.78 is 6.49. The molecule has 0 unspecified atom stereocenters. The first-order chi connectivity index (χ1) is 13.3. The summed E-state index contributed by atoms with van der Waals surface area (Å²) in [6, 6.07) is 30.6. The summed E-state index contributed by atoms with van der Waals surface area (Å²) in [5, 5.41) is 5.36. The number of fused-ring (bicyclic) bond motifs is 7. The molecule has 0 saturated heterocycles. The summed E-state index contributed by atoms with van der Waals surface area (Å²) in [6.45, 7) is 0. The zero-order valence-corrected chi connectivity index (χ0v) is 17.3. The Morgan fingerprint density at radius 3 is 2.26 bits per heavy atom. The van der Waals surface area contributed by atoms with E-state index >= 15 is 0 Å². The molecule has 0 N–H and O–H groups in total. The van der Waals surface area contributed by atoms with E-state index in [9.17, 15) is 0 Å². The Hall–Kier alpha value is -2.37. The smallest absolute Gasteiger partial charge is 0.0634 e. The summed E-state index contributed by atoms with van der Waals surface area (Å²) in [6.07, 6.45) is 0. The number of benzene rings is 4. The number of rotatable bonds is 1. The fourth-order valence-corrected chi connectivity index (χ4v) is 6.17. The highest BCUT2D eigenvalue weighted by molar-refractivity contribution is 14.1. The van der Waals surface area contributed by atoms with Gasteiger partial charge in [0.15, 0.2) is 0 Å². The molecule has 0 bridgehead atoms. The van der Waals surface area contributed by atoms with Crippen LogP contribution in [0.3, 0.4) is 0 Å². The van der Waals surface area contributed by atoms with Gasteiger partial charge in [-0.3, -0.25) is 0 Å². The predicted molar refractivity (Wildman–Crippen MR) is 126 cm³/mol. The molecule has 0 radical (unpaired) electrons. The summed E-state index contributed by atoms with van der Waals surface area (Å²) in [7, 11) is 0. The SMILES string of the molecule is Ic1cc2c3ccccc3n(-c3ccccc3)c2c2c1sc1ccccc12. The molecule has 0 aliphatic rings. The van der Waals surface area contributed by atoms with E-state index in [1.165, 1.54) is 51.2 Å². The lowest BCUT2D eigenvalue weighted by molar-refractivity contribution is 1.19. The molecule has 128 valence electrons. The molecule has 4 aromatic carbocycles. The van der Waals surface area contributed by atoms with Crippen molar-refractivity contribution in [3.63, 3.8) is 0 Å². The van der Waals surface area contributed by atoms with Crippen LogP contribution in [-0.2, 0) is 0 Å².